The zero-order valence-corrected chi connectivity index (χ0v) is 16.7. The van der Waals surface area contributed by atoms with Crippen molar-refractivity contribution in [2.45, 2.75) is 13.1 Å². The molecule has 0 saturated heterocycles. The normalized spacial score (nSPS) is 16.7. The number of carbonyl (C=O) groups excluding carboxylic acids is 1. The van der Waals surface area contributed by atoms with E-state index in [1.165, 1.54) is 46.1 Å². The van der Waals surface area contributed by atoms with Crippen LogP contribution in [-0.4, -0.2) is 19.2 Å². The molecule has 2 aromatic heterocycles. The zero-order chi connectivity index (χ0) is 20.4. The molecule has 1 N–H and O–H groups in total. The number of pyridine rings is 1. The van der Waals surface area contributed by atoms with Crippen molar-refractivity contribution in [2.75, 3.05) is 4.31 Å². The van der Waals surface area contributed by atoms with Crippen LogP contribution < -0.4 is 9.62 Å². The Bertz CT molecular complexity index is 1170. The molecule has 29 heavy (non-hydrogen) atoms. The minimum Gasteiger partial charge on any atom is -0.386 e. The molecule has 1 aliphatic heterocycles. The van der Waals surface area contributed by atoms with Crippen molar-refractivity contribution in [3.8, 4) is 0 Å². The molecule has 0 spiro atoms. The lowest BCUT2D eigenvalue weighted by Gasteiger charge is -2.29. The first-order valence-electron chi connectivity index (χ1n) is 8.68. The average molecular weight is 429 g/mol. The Morgan fingerprint density at radius 3 is 2.66 bits per heavy atom. The van der Waals surface area contributed by atoms with Gasteiger partial charge < -0.3 is 5.32 Å². The van der Waals surface area contributed by atoms with Gasteiger partial charge in [-0.25, -0.2) is 12.8 Å². The largest absolute Gasteiger partial charge is 0.386 e. The summed E-state index contributed by atoms with van der Waals surface area (Å²) in [6.45, 7) is 0.328. The summed E-state index contributed by atoms with van der Waals surface area (Å²) in [5.41, 5.74) is 1.81. The van der Waals surface area contributed by atoms with Crippen molar-refractivity contribution in [3.63, 3.8) is 0 Å². The van der Waals surface area contributed by atoms with Crippen molar-refractivity contribution >= 4 is 32.8 Å². The van der Waals surface area contributed by atoms with E-state index in [2.05, 4.69) is 10.3 Å². The third-order valence-electron chi connectivity index (χ3n) is 4.41. The summed E-state index contributed by atoms with van der Waals surface area (Å²) in [5, 5.41) is 4.58. The summed E-state index contributed by atoms with van der Waals surface area (Å²) in [4.78, 5) is 16.9. The fourth-order valence-corrected chi connectivity index (χ4v) is 5.48. The number of rotatable bonds is 5. The number of sulfonamides is 1. The molecule has 0 atom stereocenters. The number of allylic oxidation sites excluding steroid dienone is 1. The van der Waals surface area contributed by atoms with Crippen LogP contribution in [0, 0.1) is 5.82 Å². The highest BCUT2D eigenvalue weighted by Gasteiger charge is 2.41. The first-order valence-corrected chi connectivity index (χ1v) is 11.0. The summed E-state index contributed by atoms with van der Waals surface area (Å²) < 4.78 is 40.8. The number of anilines is 1. The minimum atomic E-state index is -4.08. The Labute approximate surface area is 171 Å². The first-order chi connectivity index (χ1) is 14.0. The van der Waals surface area contributed by atoms with Gasteiger partial charge in [-0.3, -0.25) is 14.1 Å². The molecular weight excluding hydrogens is 413 g/mol. The summed E-state index contributed by atoms with van der Waals surface area (Å²) in [6, 6.07) is 10.8. The number of nitrogens with one attached hydrogen (secondary N) is 1. The van der Waals surface area contributed by atoms with Crippen LogP contribution in [0.3, 0.4) is 0 Å². The number of fused-ring (bicyclic) bond motifs is 1. The van der Waals surface area contributed by atoms with Crippen LogP contribution in [0.15, 0.2) is 71.3 Å². The van der Waals surface area contributed by atoms with E-state index in [4.69, 9.17) is 0 Å². The number of Topliss-reactive ketones (excluding diaryl/α,β-unsaturated/α-hetero) is 1. The molecule has 0 amide bonds. The van der Waals surface area contributed by atoms with Crippen LogP contribution in [0.25, 0.3) is 0 Å². The standard InChI is InChI=1S/C20H16FN3O3S2/c21-16-5-3-14(4-6-16)13-24-17-7-9-28-20(17)19(25)18(29(24,26)27)12-23-11-15-2-1-8-22-10-15/h1-10,12,23H,11,13H2/b18-12-. The highest BCUT2D eigenvalue weighted by atomic mass is 32.2. The topological polar surface area (TPSA) is 79.4 Å². The van der Waals surface area contributed by atoms with Crippen molar-refractivity contribution in [2.24, 2.45) is 0 Å². The van der Waals surface area contributed by atoms with Gasteiger partial charge in [0.05, 0.1) is 12.2 Å². The van der Waals surface area contributed by atoms with Gasteiger partial charge in [0.1, 0.15) is 10.7 Å². The van der Waals surface area contributed by atoms with Crippen LogP contribution in [0.1, 0.15) is 20.8 Å². The van der Waals surface area contributed by atoms with Crippen LogP contribution in [0.4, 0.5) is 10.1 Å². The predicted octanol–water partition coefficient (Wildman–Crippen LogP) is 3.45. The van der Waals surface area contributed by atoms with Crippen molar-refractivity contribution in [1.82, 2.24) is 10.3 Å². The van der Waals surface area contributed by atoms with E-state index in [1.54, 1.807) is 29.9 Å². The highest BCUT2D eigenvalue weighted by molar-refractivity contribution is 7.97. The van der Waals surface area contributed by atoms with Gasteiger partial charge in [0.25, 0.3) is 10.0 Å². The first kappa shape index (κ1) is 19.3. The SMILES string of the molecule is O=C1/C(=C/NCc2cccnc2)S(=O)(=O)N(Cc2ccc(F)cc2)c2ccsc21. The zero-order valence-electron chi connectivity index (χ0n) is 15.1. The number of thiophene rings is 1. The summed E-state index contributed by atoms with van der Waals surface area (Å²) in [5.74, 6) is -0.939. The Balaban J connectivity index is 1.67. The number of nitrogens with zero attached hydrogens (tertiary/aromatic N) is 2. The fourth-order valence-electron chi connectivity index (χ4n) is 2.98. The molecule has 0 bridgehead atoms. The maximum absolute atomic E-state index is 13.2. The van der Waals surface area contributed by atoms with Gasteiger partial charge in [-0.1, -0.05) is 18.2 Å². The molecule has 0 unspecified atom stereocenters. The smallest absolute Gasteiger partial charge is 0.270 e. The van der Waals surface area contributed by atoms with E-state index >= 15 is 0 Å². The molecule has 3 heterocycles. The summed E-state index contributed by atoms with van der Waals surface area (Å²) in [6.07, 6.45) is 4.54. The van der Waals surface area contributed by atoms with Crippen LogP contribution >= 0.6 is 11.3 Å². The molecule has 0 aliphatic carbocycles. The van der Waals surface area contributed by atoms with E-state index in [1.807, 2.05) is 6.07 Å². The molecule has 148 valence electrons. The maximum Gasteiger partial charge on any atom is 0.270 e. The number of hydrogen-bond donors (Lipinski definition) is 1. The molecular formula is C20H16FN3O3S2. The number of ketones is 1. The van der Waals surface area contributed by atoms with Crippen molar-refractivity contribution in [3.05, 3.63) is 93.2 Å². The van der Waals surface area contributed by atoms with Crippen LogP contribution in [0.2, 0.25) is 0 Å². The quantitative estimate of drug-likeness (QED) is 0.629. The monoisotopic (exact) mass is 429 g/mol. The van der Waals surface area contributed by atoms with E-state index in [0.29, 0.717) is 22.7 Å². The maximum atomic E-state index is 13.2. The molecule has 3 aromatic rings. The number of halogens is 1. The minimum absolute atomic E-state index is 0.000425. The molecule has 0 saturated carbocycles. The molecule has 1 aliphatic rings. The number of aromatic nitrogens is 1. The second-order valence-electron chi connectivity index (χ2n) is 6.35. The summed E-state index contributed by atoms with van der Waals surface area (Å²) >= 11 is 1.19. The van der Waals surface area contributed by atoms with Gasteiger partial charge in [-0.2, -0.15) is 0 Å². The molecule has 0 radical (unpaired) electrons. The summed E-state index contributed by atoms with van der Waals surface area (Å²) in [7, 11) is -4.08. The molecule has 0 fully saturated rings. The van der Waals surface area contributed by atoms with Gasteiger partial charge in [0.2, 0.25) is 5.78 Å². The Kier molecular flexibility index (Phi) is 5.16. The molecule has 6 nitrogen and oxygen atoms in total. The lowest BCUT2D eigenvalue weighted by atomic mass is 10.2. The number of benzene rings is 1. The lowest BCUT2D eigenvalue weighted by Crippen LogP contribution is -2.38. The van der Waals surface area contributed by atoms with Gasteiger partial charge >= 0.3 is 0 Å². The van der Waals surface area contributed by atoms with E-state index in [-0.39, 0.29) is 11.4 Å². The van der Waals surface area contributed by atoms with Crippen molar-refractivity contribution in [1.29, 1.82) is 0 Å². The van der Waals surface area contributed by atoms with Gasteiger partial charge in [-0.05, 0) is 40.8 Å². The van der Waals surface area contributed by atoms with Crippen LogP contribution in [0.5, 0.6) is 0 Å². The molecule has 9 heteroatoms. The third kappa shape index (κ3) is 3.79. The highest BCUT2D eigenvalue weighted by Crippen LogP contribution is 2.39. The Hall–Kier alpha value is -3.04. The van der Waals surface area contributed by atoms with Gasteiger partial charge in [0, 0.05) is 25.1 Å². The number of carbonyl (C=O) groups is 1. The predicted molar refractivity (Wildman–Crippen MR) is 109 cm³/mol. The molecule has 1 aromatic carbocycles. The third-order valence-corrected chi connectivity index (χ3v) is 7.08. The van der Waals surface area contributed by atoms with Crippen molar-refractivity contribution < 1.29 is 17.6 Å². The van der Waals surface area contributed by atoms with E-state index in [0.717, 1.165) is 5.56 Å². The van der Waals surface area contributed by atoms with E-state index in [9.17, 15) is 17.6 Å². The van der Waals surface area contributed by atoms with Gasteiger partial charge in [-0.15, -0.1) is 11.3 Å². The second-order valence-corrected chi connectivity index (χ2v) is 9.10. The van der Waals surface area contributed by atoms with Crippen LogP contribution in [-0.2, 0) is 23.1 Å². The van der Waals surface area contributed by atoms with Gasteiger partial charge in [0.15, 0.2) is 4.91 Å². The number of hydrogen-bond acceptors (Lipinski definition) is 6. The Morgan fingerprint density at radius 2 is 1.93 bits per heavy atom. The Morgan fingerprint density at radius 1 is 1.14 bits per heavy atom. The average Bonchev–Trinajstić information content (AvgIpc) is 3.20. The fraction of sp³-hybridized carbons (Fsp3) is 0.100. The second kappa shape index (κ2) is 7.76. The molecule has 4 rings (SSSR count). The van der Waals surface area contributed by atoms with E-state index < -0.39 is 21.6 Å². The lowest BCUT2D eigenvalue weighted by molar-refractivity contribution is 0.104.